The number of hydrogen-bond acceptors (Lipinski definition) is 4. The fourth-order valence-electron chi connectivity index (χ4n) is 3.99. The van der Waals surface area contributed by atoms with E-state index in [4.69, 9.17) is 0 Å². The zero-order chi connectivity index (χ0) is 25.3. The maximum absolute atomic E-state index is 11.9. The zero-order valence-electron chi connectivity index (χ0n) is 22.7. The molecule has 0 radical (unpaired) electrons. The van der Waals surface area contributed by atoms with Crippen molar-refractivity contribution in [2.24, 2.45) is 0 Å². The first kappa shape index (κ1) is 32.6. The molecule has 0 aromatic heterocycles. The van der Waals surface area contributed by atoms with Crippen molar-refractivity contribution >= 4 is 17.6 Å². The number of carbonyl (C=O) groups excluding carboxylic acids is 3. The maximum Gasteiger partial charge on any atom is 0.220 e. The molecule has 0 bridgehead atoms. The van der Waals surface area contributed by atoms with E-state index in [0.717, 1.165) is 25.8 Å². The summed E-state index contributed by atoms with van der Waals surface area (Å²) < 4.78 is 0. The van der Waals surface area contributed by atoms with Crippen LogP contribution in [0.2, 0.25) is 0 Å². The molecule has 0 aromatic carbocycles. The smallest absolute Gasteiger partial charge is 0.220 e. The van der Waals surface area contributed by atoms with E-state index >= 15 is 0 Å². The quantitative estimate of drug-likeness (QED) is 0.162. The predicted molar refractivity (Wildman–Crippen MR) is 143 cm³/mol. The number of rotatable bonds is 25. The number of amides is 2. The molecule has 6 heteroatoms. The summed E-state index contributed by atoms with van der Waals surface area (Å²) in [5.41, 5.74) is 0. The van der Waals surface area contributed by atoms with Gasteiger partial charge in [-0.25, -0.2) is 0 Å². The Morgan fingerprint density at radius 2 is 1.00 bits per heavy atom. The van der Waals surface area contributed by atoms with Gasteiger partial charge in [-0.1, -0.05) is 84.0 Å². The Morgan fingerprint density at radius 3 is 1.53 bits per heavy atom. The van der Waals surface area contributed by atoms with E-state index in [-0.39, 0.29) is 30.4 Å². The first-order valence-electron chi connectivity index (χ1n) is 14.2. The van der Waals surface area contributed by atoms with E-state index in [1.54, 1.807) is 0 Å². The van der Waals surface area contributed by atoms with E-state index < -0.39 is 0 Å². The van der Waals surface area contributed by atoms with E-state index in [0.29, 0.717) is 32.4 Å². The van der Waals surface area contributed by atoms with Crippen molar-refractivity contribution in [2.45, 2.75) is 129 Å². The minimum atomic E-state index is -0.0572. The van der Waals surface area contributed by atoms with Crippen LogP contribution in [0.5, 0.6) is 0 Å². The van der Waals surface area contributed by atoms with Crippen molar-refractivity contribution in [3.05, 3.63) is 0 Å². The summed E-state index contributed by atoms with van der Waals surface area (Å²) in [7, 11) is 4.01. The van der Waals surface area contributed by atoms with Gasteiger partial charge in [-0.2, -0.15) is 0 Å². The van der Waals surface area contributed by atoms with Gasteiger partial charge in [0, 0.05) is 38.8 Å². The highest BCUT2D eigenvalue weighted by Crippen LogP contribution is 2.13. The van der Waals surface area contributed by atoms with Gasteiger partial charge in [0.25, 0.3) is 0 Å². The Labute approximate surface area is 210 Å². The molecule has 0 heterocycles. The van der Waals surface area contributed by atoms with E-state index in [9.17, 15) is 14.4 Å². The van der Waals surface area contributed by atoms with Gasteiger partial charge in [-0.3, -0.25) is 14.4 Å². The third-order valence-electron chi connectivity index (χ3n) is 6.20. The predicted octanol–water partition coefficient (Wildman–Crippen LogP) is 5.78. The number of unbranched alkanes of at least 4 members (excludes halogenated alkanes) is 12. The standard InChI is InChI=1S/C28H55N3O3/c1-4-5-6-7-8-9-10-11-12-13-14-15-16-20-27(33)29-23-17-19-26(32)21-22-28(34)30-24-18-25-31(2)3/h4-25H2,1-3H3,(H,29,33)(H,30,34). The number of ketones is 1. The summed E-state index contributed by atoms with van der Waals surface area (Å²) in [5, 5.41) is 5.77. The highest BCUT2D eigenvalue weighted by atomic mass is 16.2. The summed E-state index contributed by atoms with van der Waals surface area (Å²) in [6.45, 7) is 4.39. The average molecular weight is 482 g/mol. The Kier molecular flexibility index (Phi) is 23.6. The molecule has 0 aliphatic carbocycles. The molecule has 34 heavy (non-hydrogen) atoms. The topological polar surface area (TPSA) is 78.5 Å². The second-order valence-electron chi connectivity index (χ2n) is 9.99. The van der Waals surface area contributed by atoms with Crippen LogP contribution in [-0.4, -0.2) is 56.2 Å². The first-order chi connectivity index (χ1) is 16.5. The lowest BCUT2D eigenvalue weighted by Crippen LogP contribution is -2.27. The van der Waals surface area contributed by atoms with Crippen molar-refractivity contribution in [1.29, 1.82) is 0 Å². The largest absolute Gasteiger partial charge is 0.356 e. The van der Waals surface area contributed by atoms with Crippen molar-refractivity contribution in [1.82, 2.24) is 15.5 Å². The van der Waals surface area contributed by atoms with Gasteiger partial charge in [0.1, 0.15) is 5.78 Å². The molecule has 0 unspecified atom stereocenters. The third kappa shape index (κ3) is 25.2. The highest BCUT2D eigenvalue weighted by molar-refractivity contribution is 5.84. The van der Waals surface area contributed by atoms with E-state index in [1.807, 2.05) is 14.1 Å². The Balaban J connectivity index is 3.39. The van der Waals surface area contributed by atoms with Crippen LogP contribution in [0.3, 0.4) is 0 Å². The molecule has 0 atom stereocenters. The SMILES string of the molecule is CCCCCCCCCCCCCCCC(=O)NCCCC(=O)CCC(=O)NCCCN(C)C. The Morgan fingerprint density at radius 1 is 0.529 bits per heavy atom. The second-order valence-corrected chi connectivity index (χ2v) is 9.99. The van der Waals surface area contributed by atoms with E-state index in [2.05, 4.69) is 22.5 Å². The fraction of sp³-hybridized carbons (Fsp3) is 0.893. The van der Waals surface area contributed by atoms with Crippen LogP contribution in [0.4, 0.5) is 0 Å². The molecule has 0 aliphatic heterocycles. The lowest BCUT2D eigenvalue weighted by atomic mass is 10.0. The minimum absolute atomic E-state index is 0.0572. The van der Waals surface area contributed by atoms with Gasteiger partial charge in [0.2, 0.25) is 11.8 Å². The molecular formula is C28H55N3O3. The molecule has 0 aliphatic rings. The van der Waals surface area contributed by atoms with Crippen LogP contribution in [-0.2, 0) is 14.4 Å². The number of Topliss-reactive ketones (excluding diaryl/α,β-unsaturated/α-hetero) is 1. The Hall–Kier alpha value is -1.43. The van der Waals surface area contributed by atoms with Crippen LogP contribution in [0.15, 0.2) is 0 Å². The van der Waals surface area contributed by atoms with Gasteiger partial charge in [0.15, 0.2) is 0 Å². The summed E-state index contributed by atoms with van der Waals surface area (Å²) in [6.07, 6.45) is 20.1. The summed E-state index contributed by atoms with van der Waals surface area (Å²) in [6, 6.07) is 0. The van der Waals surface area contributed by atoms with Crippen molar-refractivity contribution in [2.75, 3.05) is 33.7 Å². The van der Waals surface area contributed by atoms with Crippen molar-refractivity contribution in [3.8, 4) is 0 Å². The first-order valence-corrected chi connectivity index (χ1v) is 14.2. The molecule has 0 fully saturated rings. The van der Waals surface area contributed by atoms with E-state index in [1.165, 1.54) is 70.6 Å². The lowest BCUT2D eigenvalue weighted by molar-refractivity contribution is -0.125. The van der Waals surface area contributed by atoms with Gasteiger partial charge in [-0.05, 0) is 39.9 Å². The zero-order valence-corrected chi connectivity index (χ0v) is 22.7. The monoisotopic (exact) mass is 481 g/mol. The van der Waals surface area contributed by atoms with Gasteiger partial charge < -0.3 is 15.5 Å². The number of nitrogens with one attached hydrogen (secondary N) is 2. The Bertz CT molecular complexity index is 509. The molecule has 0 saturated carbocycles. The molecule has 0 rings (SSSR count). The van der Waals surface area contributed by atoms with Crippen molar-refractivity contribution in [3.63, 3.8) is 0 Å². The second kappa shape index (κ2) is 24.7. The number of carbonyl (C=O) groups is 3. The summed E-state index contributed by atoms with van der Waals surface area (Å²) >= 11 is 0. The molecule has 200 valence electrons. The molecule has 0 aromatic rings. The fourth-order valence-corrected chi connectivity index (χ4v) is 3.99. The normalized spacial score (nSPS) is 11.1. The van der Waals surface area contributed by atoms with Crippen molar-refractivity contribution < 1.29 is 14.4 Å². The number of hydrogen-bond donors (Lipinski definition) is 2. The summed E-state index contributed by atoms with van der Waals surface area (Å²) in [4.78, 5) is 37.7. The van der Waals surface area contributed by atoms with Gasteiger partial charge in [-0.15, -0.1) is 0 Å². The molecule has 6 nitrogen and oxygen atoms in total. The van der Waals surface area contributed by atoms with Crippen LogP contribution in [0, 0.1) is 0 Å². The molecule has 2 amide bonds. The lowest BCUT2D eigenvalue weighted by Gasteiger charge is -2.09. The van der Waals surface area contributed by atoms with Crippen LogP contribution >= 0.6 is 0 Å². The van der Waals surface area contributed by atoms with Gasteiger partial charge in [0.05, 0.1) is 0 Å². The maximum atomic E-state index is 11.9. The molecule has 0 saturated heterocycles. The number of nitrogens with zero attached hydrogens (tertiary/aromatic N) is 1. The molecule has 2 N–H and O–H groups in total. The van der Waals surface area contributed by atoms with Crippen LogP contribution in [0.25, 0.3) is 0 Å². The highest BCUT2D eigenvalue weighted by Gasteiger charge is 2.07. The third-order valence-corrected chi connectivity index (χ3v) is 6.20. The van der Waals surface area contributed by atoms with Gasteiger partial charge >= 0.3 is 0 Å². The molecule has 0 spiro atoms. The van der Waals surface area contributed by atoms with Crippen LogP contribution in [0.1, 0.15) is 129 Å². The van der Waals surface area contributed by atoms with Crippen LogP contribution < -0.4 is 10.6 Å². The summed E-state index contributed by atoms with van der Waals surface area (Å²) in [5.74, 6) is 0.125. The molecular weight excluding hydrogens is 426 g/mol. The minimum Gasteiger partial charge on any atom is -0.356 e. The average Bonchev–Trinajstić information content (AvgIpc) is 2.81.